The molecular weight excluding hydrogens is 368 g/mol. The van der Waals surface area contributed by atoms with E-state index in [-0.39, 0.29) is 0 Å². The highest BCUT2D eigenvalue weighted by Crippen LogP contribution is 2.26. The van der Waals surface area contributed by atoms with Crippen molar-refractivity contribution in [1.29, 1.82) is 0 Å². The van der Waals surface area contributed by atoms with Crippen LogP contribution >= 0.6 is 12.2 Å². The van der Waals surface area contributed by atoms with Gasteiger partial charge >= 0.3 is 0 Å². The summed E-state index contributed by atoms with van der Waals surface area (Å²) in [6, 6.07) is 10.6. The van der Waals surface area contributed by atoms with Crippen LogP contribution in [0.4, 0.5) is 17.6 Å². The van der Waals surface area contributed by atoms with Crippen LogP contribution in [0, 0.1) is 6.92 Å². The fourth-order valence-electron chi connectivity index (χ4n) is 3.73. The van der Waals surface area contributed by atoms with Crippen LogP contribution in [-0.2, 0) is 6.54 Å². The molecule has 0 unspecified atom stereocenters. The number of hydrogen-bond donors (Lipinski definition) is 2. The Hall–Kier alpha value is -2.41. The summed E-state index contributed by atoms with van der Waals surface area (Å²) in [6.45, 7) is 7.01. The molecule has 0 spiro atoms. The Morgan fingerprint density at radius 3 is 2.00 bits per heavy atom. The molecule has 0 radical (unpaired) electrons. The van der Waals surface area contributed by atoms with Crippen LogP contribution < -0.4 is 20.4 Å². The van der Waals surface area contributed by atoms with Gasteiger partial charge in [0.1, 0.15) is 11.6 Å². The molecule has 6 nitrogen and oxygen atoms in total. The van der Waals surface area contributed by atoms with Crippen molar-refractivity contribution in [2.24, 2.45) is 0 Å². The first-order valence-corrected chi connectivity index (χ1v) is 10.6. The highest BCUT2D eigenvalue weighted by molar-refractivity contribution is 7.80. The first-order valence-electron chi connectivity index (χ1n) is 10.2. The topological polar surface area (TPSA) is 56.3 Å². The van der Waals surface area contributed by atoms with Crippen LogP contribution in [0.5, 0.6) is 0 Å². The number of nitrogens with zero attached hydrogens (tertiary/aromatic N) is 4. The van der Waals surface area contributed by atoms with Crippen LogP contribution in [0.15, 0.2) is 30.3 Å². The molecule has 2 aliphatic heterocycles. The first-order chi connectivity index (χ1) is 13.7. The summed E-state index contributed by atoms with van der Waals surface area (Å²) < 4.78 is 0. The van der Waals surface area contributed by atoms with Crippen molar-refractivity contribution in [1.82, 2.24) is 15.3 Å². The number of benzene rings is 1. The summed E-state index contributed by atoms with van der Waals surface area (Å²) in [5, 5.41) is 7.00. The number of nitrogens with one attached hydrogen (secondary N) is 2. The second-order valence-electron chi connectivity index (χ2n) is 7.59. The van der Waals surface area contributed by atoms with Crippen LogP contribution in [0.25, 0.3) is 0 Å². The number of aromatic nitrogens is 2. The maximum atomic E-state index is 5.49. The molecule has 2 saturated heterocycles. The molecule has 0 atom stereocenters. The largest absolute Gasteiger partial charge is 0.358 e. The zero-order valence-corrected chi connectivity index (χ0v) is 17.3. The lowest BCUT2D eigenvalue weighted by Crippen LogP contribution is -2.30. The van der Waals surface area contributed by atoms with E-state index >= 15 is 0 Å². The molecule has 3 heterocycles. The molecule has 0 bridgehead atoms. The number of aryl methyl sites for hydroxylation is 1. The van der Waals surface area contributed by atoms with Gasteiger partial charge in [-0.25, -0.2) is 0 Å². The van der Waals surface area contributed by atoms with E-state index in [9.17, 15) is 0 Å². The minimum absolute atomic E-state index is 0.548. The van der Waals surface area contributed by atoms with Gasteiger partial charge in [0.25, 0.3) is 0 Å². The Bertz CT molecular complexity index is 776. The molecule has 2 aliphatic rings. The molecule has 1 aromatic heterocycles. The fraction of sp³-hybridized carbons (Fsp3) is 0.476. The van der Waals surface area contributed by atoms with Crippen molar-refractivity contribution in [3.8, 4) is 0 Å². The van der Waals surface area contributed by atoms with Crippen LogP contribution in [0.2, 0.25) is 0 Å². The van der Waals surface area contributed by atoms with E-state index in [1.807, 2.05) is 0 Å². The second-order valence-corrected chi connectivity index (χ2v) is 8.00. The van der Waals surface area contributed by atoms with Crippen molar-refractivity contribution < 1.29 is 0 Å². The summed E-state index contributed by atoms with van der Waals surface area (Å²) in [5.41, 5.74) is 2.45. The van der Waals surface area contributed by atoms with Gasteiger partial charge in [-0.15, -0.1) is 0 Å². The van der Waals surface area contributed by atoms with Gasteiger partial charge in [0.2, 0.25) is 5.95 Å². The summed E-state index contributed by atoms with van der Waals surface area (Å²) in [5.74, 6) is 2.57. The molecule has 0 aliphatic carbocycles. The van der Waals surface area contributed by atoms with Crippen molar-refractivity contribution in [3.05, 3.63) is 41.5 Å². The monoisotopic (exact) mass is 396 g/mol. The minimum Gasteiger partial charge on any atom is -0.358 e. The predicted octanol–water partition coefficient (Wildman–Crippen LogP) is 3.47. The average Bonchev–Trinajstić information content (AvgIpc) is 3.41. The van der Waals surface area contributed by atoms with Crippen molar-refractivity contribution >= 4 is 34.9 Å². The van der Waals surface area contributed by atoms with Crippen LogP contribution in [0.1, 0.15) is 36.8 Å². The van der Waals surface area contributed by atoms with Crippen molar-refractivity contribution in [3.63, 3.8) is 0 Å². The van der Waals surface area contributed by atoms with Gasteiger partial charge in [-0.05, 0) is 50.4 Å². The molecule has 2 N–H and O–H groups in total. The predicted molar refractivity (Wildman–Crippen MR) is 119 cm³/mol. The number of anilines is 3. The SMILES string of the molecule is Cc1ccc(CNC(=S)Nc2nc(N3CCCC3)cc(N3CCCC3)n2)cc1. The lowest BCUT2D eigenvalue weighted by molar-refractivity contribution is 0.894. The average molecular weight is 397 g/mol. The molecule has 0 amide bonds. The zero-order chi connectivity index (χ0) is 19.3. The summed E-state index contributed by atoms with van der Waals surface area (Å²) >= 11 is 5.49. The van der Waals surface area contributed by atoms with Gasteiger partial charge in [0.05, 0.1) is 0 Å². The van der Waals surface area contributed by atoms with Gasteiger partial charge in [0.15, 0.2) is 5.11 Å². The molecule has 1 aromatic carbocycles. The summed E-state index contributed by atoms with van der Waals surface area (Å²) in [4.78, 5) is 14.2. The molecule has 4 rings (SSSR count). The summed E-state index contributed by atoms with van der Waals surface area (Å²) in [6.07, 6.45) is 4.90. The lowest BCUT2D eigenvalue weighted by atomic mass is 10.1. The zero-order valence-electron chi connectivity index (χ0n) is 16.4. The van der Waals surface area contributed by atoms with Gasteiger partial charge in [-0.1, -0.05) is 29.8 Å². The number of rotatable bonds is 5. The molecule has 2 aromatic rings. The van der Waals surface area contributed by atoms with E-state index in [1.54, 1.807) is 0 Å². The molecular formula is C21H28N6S. The molecule has 2 fully saturated rings. The normalized spacial score (nSPS) is 16.5. The Morgan fingerprint density at radius 2 is 1.46 bits per heavy atom. The molecule has 148 valence electrons. The van der Waals surface area contributed by atoms with E-state index in [2.05, 4.69) is 57.7 Å². The van der Waals surface area contributed by atoms with Crippen LogP contribution in [0.3, 0.4) is 0 Å². The fourth-order valence-corrected chi connectivity index (χ4v) is 3.89. The third-order valence-electron chi connectivity index (χ3n) is 5.36. The van der Waals surface area contributed by atoms with E-state index in [1.165, 1.54) is 36.8 Å². The molecule has 0 saturated carbocycles. The highest BCUT2D eigenvalue weighted by Gasteiger charge is 2.20. The van der Waals surface area contributed by atoms with Crippen molar-refractivity contribution in [2.45, 2.75) is 39.2 Å². The smallest absolute Gasteiger partial charge is 0.232 e. The Labute approximate surface area is 172 Å². The molecule has 28 heavy (non-hydrogen) atoms. The lowest BCUT2D eigenvalue weighted by Gasteiger charge is -2.22. The quantitative estimate of drug-likeness (QED) is 0.751. The van der Waals surface area contributed by atoms with Gasteiger partial charge < -0.3 is 20.4 Å². The molecule has 7 heteroatoms. The van der Waals surface area contributed by atoms with E-state index in [0.29, 0.717) is 17.6 Å². The number of thiocarbonyl (C=S) groups is 1. The number of hydrogen-bond acceptors (Lipinski definition) is 5. The summed E-state index contributed by atoms with van der Waals surface area (Å²) in [7, 11) is 0. The Kier molecular flexibility index (Phi) is 5.90. The third-order valence-corrected chi connectivity index (χ3v) is 5.60. The second kappa shape index (κ2) is 8.73. The van der Waals surface area contributed by atoms with Gasteiger partial charge in [0, 0.05) is 38.8 Å². The standard InChI is InChI=1S/C21H28N6S/c1-16-6-8-17(9-7-16)15-22-21(28)25-20-23-18(26-10-2-3-11-26)14-19(24-20)27-12-4-5-13-27/h6-9,14H,2-5,10-13,15H2,1H3,(H2,22,23,24,25,28). The Balaban J connectivity index is 1.45. The highest BCUT2D eigenvalue weighted by atomic mass is 32.1. The van der Waals surface area contributed by atoms with E-state index in [4.69, 9.17) is 22.2 Å². The third kappa shape index (κ3) is 4.70. The van der Waals surface area contributed by atoms with E-state index in [0.717, 1.165) is 37.8 Å². The van der Waals surface area contributed by atoms with Gasteiger partial charge in [-0.2, -0.15) is 9.97 Å². The van der Waals surface area contributed by atoms with Crippen molar-refractivity contribution in [2.75, 3.05) is 41.3 Å². The minimum atomic E-state index is 0.548. The van der Waals surface area contributed by atoms with E-state index < -0.39 is 0 Å². The maximum Gasteiger partial charge on any atom is 0.232 e. The Morgan fingerprint density at radius 1 is 0.929 bits per heavy atom. The maximum absolute atomic E-state index is 5.49. The van der Waals surface area contributed by atoms with Crippen LogP contribution in [-0.4, -0.2) is 41.3 Å². The first kappa shape index (κ1) is 18.9. The van der Waals surface area contributed by atoms with Gasteiger partial charge in [-0.3, -0.25) is 0 Å².